The molecule has 8 nitrogen and oxygen atoms in total. The molecule has 1 atom stereocenters. The topological polar surface area (TPSA) is 100 Å². The van der Waals surface area contributed by atoms with Crippen LogP contribution in [0.25, 0.3) is 0 Å². The van der Waals surface area contributed by atoms with E-state index in [1.807, 2.05) is 31.2 Å². The highest BCUT2D eigenvalue weighted by Crippen LogP contribution is 2.18. The Morgan fingerprint density at radius 2 is 2.04 bits per heavy atom. The number of rotatable bonds is 4. The van der Waals surface area contributed by atoms with Gasteiger partial charge in [-0.15, -0.1) is 0 Å². The molecule has 25 heavy (non-hydrogen) atoms. The van der Waals surface area contributed by atoms with E-state index in [1.54, 1.807) is 11.0 Å². The Balaban J connectivity index is 1.53. The Hall–Kier alpha value is -3.16. The first-order valence-corrected chi connectivity index (χ1v) is 8.01. The number of amides is 2. The molecule has 1 fully saturated rings. The van der Waals surface area contributed by atoms with Crippen molar-refractivity contribution in [2.24, 2.45) is 0 Å². The molecule has 0 bridgehead atoms. The molecule has 1 aliphatic heterocycles. The fourth-order valence-corrected chi connectivity index (χ4v) is 2.69. The van der Waals surface area contributed by atoms with E-state index in [4.69, 9.17) is 0 Å². The molecule has 2 N–H and O–H groups in total. The number of anilines is 2. The van der Waals surface area contributed by atoms with Crippen molar-refractivity contribution in [3.63, 3.8) is 0 Å². The molecule has 2 heterocycles. The Morgan fingerprint density at radius 1 is 1.28 bits per heavy atom. The number of aromatic nitrogens is 1. The van der Waals surface area contributed by atoms with Gasteiger partial charge in [0.1, 0.15) is 12.0 Å². The number of nitro groups is 1. The maximum atomic E-state index is 12.3. The molecule has 8 heteroatoms. The van der Waals surface area contributed by atoms with E-state index < -0.39 is 4.92 Å². The average Bonchev–Trinajstić information content (AvgIpc) is 3.06. The van der Waals surface area contributed by atoms with Crippen molar-refractivity contribution in [3.8, 4) is 0 Å². The van der Waals surface area contributed by atoms with Gasteiger partial charge in [0.25, 0.3) is 5.69 Å². The average molecular weight is 341 g/mol. The molecule has 130 valence electrons. The summed E-state index contributed by atoms with van der Waals surface area (Å²) in [6, 6.07) is 10.6. The number of hydrogen-bond donors (Lipinski definition) is 2. The van der Waals surface area contributed by atoms with Crippen LogP contribution in [0.5, 0.6) is 0 Å². The van der Waals surface area contributed by atoms with E-state index in [9.17, 15) is 14.9 Å². The van der Waals surface area contributed by atoms with Crippen LogP contribution in [0, 0.1) is 17.0 Å². The SMILES string of the molecule is Cc1ccc(NC(=O)N2CCC(Nc3ccc([N+](=O)[O-])cn3)C2)cc1. The molecule has 0 saturated carbocycles. The zero-order valence-corrected chi connectivity index (χ0v) is 13.8. The summed E-state index contributed by atoms with van der Waals surface area (Å²) in [5.74, 6) is 0.566. The molecule has 2 amide bonds. The number of pyridine rings is 1. The molecule has 0 aliphatic carbocycles. The van der Waals surface area contributed by atoms with Gasteiger partial charge < -0.3 is 15.5 Å². The third-order valence-corrected chi connectivity index (χ3v) is 4.09. The quantitative estimate of drug-likeness (QED) is 0.657. The van der Waals surface area contributed by atoms with Crippen LogP contribution in [0.15, 0.2) is 42.6 Å². The fraction of sp³-hybridized carbons (Fsp3) is 0.294. The third kappa shape index (κ3) is 4.23. The van der Waals surface area contributed by atoms with E-state index in [-0.39, 0.29) is 17.8 Å². The maximum Gasteiger partial charge on any atom is 0.321 e. The van der Waals surface area contributed by atoms with Gasteiger partial charge in [0.05, 0.1) is 4.92 Å². The Morgan fingerprint density at radius 3 is 2.68 bits per heavy atom. The summed E-state index contributed by atoms with van der Waals surface area (Å²) >= 11 is 0. The Kier molecular flexibility index (Phi) is 4.78. The van der Waals surface area contributed by atoms with Crippen LogP contribution in [0.1, 0.15) is 12.0 Å². The highest BCUT2D eigenvalue weighted by atomic mass is 16.6. The van der Waals surface area contributed by atoms with Gasteiger partial charge in [-0.2, -0.15) is 0 Å². The van der Waals surface area contributed by atoms with E-state index in [0.717, 1.165) is 17.7 Å². The molecule has 2 aromatic rings. The molecule has 1 aromatic heterocycles. The zero-order valence-electron chi connectivity index (χ0n) is 13.8. The lowest BCUT2D eigenvalue weighted by Crippen LogP contribution is -2.35. The van der Waals surface area contributed by atoms with Crippen molar-refractivity contribution in [1.82, 2.24) is 9.88 Å². The smallest absolute Gasteiger partial charge is 0.321 e. The lowest BCUT2D eigenvalue weighted by molar-refractivity contribution is -0.385. The van der Waals surface area contributed by atoms with Crippen LogP contribution in [-0.2, 0) is 0 Å². The summed E-state index contributed by atoms with van der Waals surface area (Å²) in [4.78, 5) is 28.2. The van der Waals surface area contributed by atoms with Gasteiger partial charge in [-0.1, -0.05) is 17.7 Å². The van der Waals surface area contributed by atoms with E-state index >= 15 is 0 Å². The van der Waals surface area contributed by atoms with Gasteiger partial charge >= 0.3 is 6.03 Å². The highest BCUT2D eigenvalue weighted by molar-refractivity contribution is 5.89. The van der Waals surface area contributed by atoms with Gasteiger partial charge in [0.15, 0.2) is 0 Å². The van der Waals surface area contributed by atoms with Crippen molar-refractivity contribution in [3.05, 3.63) is 58.3 Å². The summed E-state index contributed by atoms with van der Waals surface area (Å²) < 4.78 is 0. The van der Waals surface area contributed by atoms with Gasteiger partial charge in [0, 0.05) is 30.9 Å². The number of benzene rings is 1. The van der Waals surface area contributed by atoms with Crippen LogP contribution in [0.2, 0.25) is 0 Å². The van der Waals surface area contributed by atoms with Crippen molar-refractivity contribution in [2.75, 3.05) is 23.7 Å². The lowest BCUT2D eigenvalue weighted by atomic mass is 10.2. The van der Waals surface area contributed by atoms with Crippen LogP contribution >= 0.6 is 0 Å². The Bertz CT molecular complexity index is 761. The van der Waals surface area contributed by atoms with Gasteiger partial charge in [-0.3, -0.25) is 10.1 Å². The minimum absolute atomic E-state index is 0.0453. The first-order chi connectivity index (χ1) is 12.0. The van der Waals surface area contributed by atoms with Crippen molar-refractivity contribution < 1.29 is 9.72 Å². The number of hydrogen-bond acceptors (Lipinski definition) is 5. The monoisotopic (exact) mass is 341 g/mol. The Labute approximate surface area is 145 Å². The fourth-order valence-electron chi connectivity index (χ4n) is 2.69. The molecular formula is C17H19N5O3. The van der Waals surface area contributed by atoms with Crippen LogP contribution in [0.3, 0.4) is 0 Å². The predicted molar refractivity (Wildman–Crippen MR) is 94.7 cm³/mol. The van der Waals surface area contributed by atoms with Crippen molar-refractivity contribution in [1.29, 1.82) is 0 Å². The largest absolute Gasteiger partial charge is 0.365 e. The van der Waals surface area contributed by atoms with Gasteiger partial charge in [0.2, 0.25) is 0 Å². The van der Waals surface area contributed by atoms with Crippen LogP contribution in [-0.4, -0.2) is 40.0 Å². The first kappa shape index (κ1) is 16.7. The molecule has 3 rings (SSSR count). The number of nitrogens with one attached hydrogen (secondary N) is 2. The summed E-state index contributed by atoms with van der Waals surface area (Å²) in [5.41, 5.74) is 1.86. The van der Waals surface area contributed by atoms with Crippen molar-refractivity contribution >= 4 is 23.2 Å². The van der Waals surface area contributed by atoms with Crippen molar-refractivity contribution in [2.45, 2.75) is 19.4 Å². The summed E-state index contributed by atoms with van der Waals surface area (Å²) in [7, 11) is 0. The second kappa shape index (κ2) is 7.16. The number of aryl methyl sites for hydroxylation is 1. The van der Waals surface area contributed by atoms with Crippen LogP contribution in [0.4, 0.5) is 22.0 Å². The minimum Gasteiger partial charge on any atom is -0.365 e. The second-order valence-corrected chi connectivity index (χ2v) is 6.03. The molecule has 0 radical (unpaired) electrons. The van der Waals surface area contributed by atoms with Crippen LogP contribution < -0.4 is 10.6 Å². The van der Waals surface area contributed by atoms with Gasteiger partial charge in [-0.25, -0.2) is 9.78 Å². The number of urea groups is 1. The molecule has 1 saturated heterocycles. The molecule has 1 aromatic carbocycles. The highest BCUT2D eigenvalue weighted by Gasteiger charge is 2.26. The molecule has 1 aliphatic rings. The second-order valence-electron chi connectivity index (χ2n) is 6.03. The number of nitrogens with zero attached hydrogens (tertiary/aromatic N) is 3. The predicted octanol–water partition coefficient (Wildman–Crippen LogP) is 3.02. The normalized spacial score (nSPS) is 16.5. The van der Waals surface area contributed by atoms with E-state index in [1.165, 1.54) is 12.3 Å². The first-order valence-electron chi connectivity index (χ1n) is 8.01. The molecule has 0 spiro atoms. The number of carbonyl (C=O) groups excluding carboxylic acids is 1. The van der Waals surface area contributed by atoms with E-state index in [0.29, 0.717) is 18.9 Å². The van der Waals surface area contributed by atoms with E-state index in [2.05, 4.69) is 15.6 Å². The molecular weight excluding hydrogens is 322 g/mol. The van der Waals surface area contributed by atoms with Gasteiger partial charge in [-0.05, 0) is 31.5 Å². The summed E-state index contributed by atoms with van der Waals surface area (Å²) in [5, 5.41) is 16.7. The maximum absolute atomic E-state index is 12.3. The molecule has 1 unspecified atom stereocenters. The number of carbonyl (C=O) groups is 1. The third-order valence-electron chi connectivity index (χ3n) is 4.09. The minimum atomic E-state index is -0.483. The standard InChI is InChI=1S/C17H19N5O3/c1-12-2-4-13(5-3-12)20-17(23)21-9-8-14(11-21)19-16-7-6-15(10-18-16)22(24)25/h2-7,10,14H,8-9,11H2,1H3,(H,18,19)(H,20,23). The lowest BCUT2D eigenvalue weighted by Gasteiger charge is -2.18. The summed E-state index contributed by atoms with van der Waals surface area (Å²) in [6.45, 7) is 3.19. The summed E-state index contributed by atoms with van der Waals surface area (Å²) in [6.07, 6.45) is 2.01. The number of likely N-dealkylation sites (tertiary alicyclic amines) is 1. The zero-order chi connectivity index (χ0) is 17.8.